The zero-order valence-electron chi connectivity index (χ0n) is 10.8. The van der Waals surface area contributed by atoms with E-state index in [9.17, 15) is 0 Å². The fraction of sp³-hybridized carbons (Fsp3) is 0.267. The molecule has 3 aromatic rings. The summed E-state index contributed by atoms with van der Waals surface area (Å²) in [5.41, 5.74) is 4.84. The van der Waals surface area contributed by atoms with Crippen LogP contribution in [0.2, 0.25) is 0 Å². The monoisotopic (exact) mass is 290 g/mol. The van der Waals surface area contributed by atoms with E-state index in [4.69, 9.17) is 16.6 Å². The third-order valence-electron chi connectivity index (χ3n) is 3.22. The van der Waals surface area contributed by atoms with E-state index in [-0.39, 0.29) is 0 Å². The van der Waals surface area contributed by atoms with Gasteiger partial charge in [0.2, 0.25) is 0 Å². The third-order valence-corrected chi connectivity index (χ3v) is 4.14. The molecule has 1 aromatic carbocycles. The minimum Gasteiger partial charge on any atom is -0.323 e. The number of hydrogen-bond acceptors (Lipinski definition) is 2. The van der Waals surface area contributed by atoms with Crippen molar-refractivity contribution in [3.63, 3.8) is 0 Å². The smallest absolute Gasteiger partial charge is 0.111 e. The maximum Gasteiger partial charge on any atom is 0.111 e. The molecule has 3 rings (SSSR count). The maximum absolute atomic E-state index is 5.90. The van der Waals surface area contributed by atoms with Gasteiger partial charge in [0.15, 0.2) is 0 Å². The first-order valence-corrected chi connectivity index (χ1v) is 7.78. The zero-order valence-corrected chi connectivity index (χ0v) is 12.3. The van der Waals surface area contributed by atoms with Crippen molar-refractivity contribution in [2.24, 2.45) is 0 Å². The summed E-state index contributed by atoms with van der Waals surface area (Å²) in [5, 5.41) is 4.30. The second-order valence-corrected chi connectivity index (χ2v) is 5.83. The number of thiophene rings is 1. The lowest BCUT2D eigenvalue weighted by Gasteiger charge is -2.07. The lowest BCUT2D eigenvalue weighted by molar-refractivity contribution is 0.756. The van der Waals surface area contributed by atoms with Crippen LogP contribution in [0.4, 0.5) is 0 Å². The molecular weight excluding hydrogens is 276 g/mol. The summed E-state index contributed by atoms with van der Waals surface area (Å²) in [7, 11) is 0. The Bertz CT molecular complexity index is 686. The Balaban J connectivity index is 2.12. The van der Waals surface area contributed by atoms with E-state index < -0.39 is 0 Å². The van der Waals surface area contributed by atoms with Gasteiger partial charge in [0.05, 0.1) is 17.6 Å². The lowest BCUT2D eigenvalue weighted by atomic mass is 10.2. The van der Waals surface area contributed by atoms with E-state index in [1.807, 2.05) is 0 Å². The molecule has 98 valence electrons. The average molecular weight is 291 g/mol. The van der Waals surface area contributed by atoms with Crippen molar-refractivity contribution in [1.82, 2.24) is 9.55 Å². The van der Waals surface area contributed by atoms with E-state index in [1.165, 1.54) is 16.6 Å². The van der Waals surface area contributed by atoms with Crippen molar-refractivity contribution in [1.29, 1.82) is 0 Å². The molecule has 0 bridgehead atoms. The van der Waals surface area contributed by atoms with Crippen molar-refractivity contribution in [3.8, 4) is 0 Å². The summed E-state index contributed by atoms with van der Waals surface area (Å²) in [6.45, 7) is 2.98. The second-order valence-electron chi connectivity index (χ2n) is 4.68. The molecule has 0 spiro atoms. The standard InChI is InChI=1S/C15H15ClN2S/c1-11-2-3-13-14(8-11)18(15(17-13)4-6-16)9-12-5-7-19-10-12/h2-3,5,7-8,10H,4,6,9H2,1H3. The van der Waals surface area contributed by atoms with Crippen LogP contribution < -0.4 is 0 Å². The number of alkyl halides is 1. The number of imidazole rings is 1. The molecule has 2 nitrogen and oxygen atoms in total. The Kier molecular flexibility index (Phi) is 3.58. The van der Waals surface area contributed by atoms with Crippen molar-refractivity contribution < 1.29 is 0 Å². The van der Waals surface area contributed by atoms with Crippen molar-refractivity contribution in [2.45, 2.75) is 19.9 Å². The van der Waals surface area contributed by atoms with Crippen LogP contribution in [0, 0.1) is 6.92 Å². The highest BCUT2D eigenvalue weighted by Gasteiger charge is 2.11. The van der Waals surface area contributed by atoms with Gasteiger partial charge in [0.25, 0.3) is 0 Å². The fourth-order valence-electron chi connectivity index (χ4n) is 2.30. The van der Waals surface area contributed by atoms with E-state index in [2.05, 4.69) is 46.5 Å². The molecule has 0 aliphatic rings. The molecule has 2 heterocycles. The van der Waals surface area contributed by atoms with Gasteiger partial charge >= 0.3 is 0 Å². The van der Waals surface area contributed by atoms with Crippen LogP contribution in [0.15, 0.2) is 35.0 Å². The van der Waals surface area contributed by atoms with Gasteiger partial charge in [-0.1, -0.05) is 6.07 Å². The van der Waals surface area contributed by atoms with Crippen LogP contribution in [0.3, 0.4) is 0 Å². The van der Waals surface area contributed by atoms with E-state index in [1.54, 1.807) is 11.3 Å². The number of rotatable bonds is 4. The minimum absolute atomic E-state index is 0.603. The molecule has 0 radical (unpaired) electrons. The summed E-state index contributed by atoms with van der Waals surface area (Å²) in [6.07, 6.45) is 0.805. The maximum atomic E-state index is 5.90. The van der Waals surface area contributed by atoms with Gasteiger partial charge in [-0.3, -0.25) is 0 Å². The van der Waals surface area contributed by atoms with Crippen LogP contribution in [-0.2, 0) is 13.0 Å². The molecule has 0 saturated heterocycles. The van der Waals surface area contributed by atoms with Gasteiger partial charge in [0, 0.05) is 12.3 Å². The largest absolute Gasteiger partial charge is 0.323 e. The second kappa shape index (κ2) is 5.35. The van der Waals surface area contributed by atoms with Crippen LogP contribution in [-0.4, -0.2) is 15.4 Å². The molecule has 0 aliphatic heterocycles. The Labute approximate surface area is 121 Å². The normalized spacial score (nSPS) is 11.3. The number of aromatic nitrogens is 2. The molecule has 0 atom stereocenters. The molecular formula is C15H15ClN2S. The first-order chi connectivity index (χ1) is 9.28. The highest BCUT2D eigenvalue weighted by molar-refractivity contribution is 7.07. The minimum atomic E-state index is 0.603. The Morgan fingerprint density at radius 1 is 1.32 bits per heavy atom. The predicted octanol–water partition coefficient (Wildman–Crippen LogP) is 4.24. The van der Waals surface area contributed by atoms with Gasteiger partial charge in [0.1, 0.15) is 5.82 Å². The first-order valence-electron chi connectivity index (χ1n) is 6.31. The van der Waals surface area contributed by atoms with Gasteiger partial charge < -0.3 is 4.57 Å². The molecule has 0 saturated carbocycles. The molecule has 0 aliphatic carbocycles. The van der Waals surface area contributed by atoms with Gasteiger partial charge in [-0.2, -0.15) is 11.3 Å². The average Bonchev–Trinajstić information content (AvgIpc) is 3.00. The zero-order chi connectivity index (χ0) is 13.2. The van der Waals surface area contributed by atoms with Crippen LogP contribution in [0.1, 0.15) is 17.0 Å². The van der Waals surface area contributed by atoms with Crippen molar-refractivity contribution in [3.05, 3.63) is 52.0 Å². The quantitative estimate of drug-likeness (QED) is 0.657. The number of aryl methyl sites for hydroxylation is 2. The third kappa shape index (κ3) is 2.53. The molecule has 0 unspecified atom stereocenters. The van der Waals surface area contributed by atoms with E-state index in [0.29, 0.717) is 5.88 Å². The molecule has 4 heteroatoms. The van der Waals surface area contributed by atoms with E-state index >= 15 is 0 Å². The van der Waals surface area contributed by atoms with Gasteiger partial charge in [-0.15, -0.1) is 11.6 Å². The predicted molar refractivity (Wildman–Crippen MR) is 82.3 cm³/mol. The fourth-order valence-corrected chi connectivity index (χ4v) is 3.13. The van der Waals surface area contributed by atoms with Crippen molar-refractivity contribution >= 4 is 34.0 Å². The Morgan fingerprint density at radius 3 is 2.95 bits per heavy atom. The highest BCUT2D eigenvalue weighted by Crippen LogP contribution is 2.21. The van der Waals surface area contributed by atoms with Gasteiger partial charge in [-0.25, -0.2) is 4.98 Å². The molecule has 2 aromatic heterocycles. The summed E-state index contributed by atoms with van der Waals surface area (Å²) < 4.78 is 2.28. The molecule has 0 N–H and O–H groups in total. The number of hydrogen-bond donors (Lipinski definition) is 0. The number of halogens is 1. The Morgan fingerprint density at radius 2 is 2.21 bits per heavy atom. The molecule has 0 fully saturated rings. The highest BCUT2D eigenvalue weighted by atomic mass is 35.5. The summed E-state index contributed by atoms with van der Waals surface area (Å²) in [5.74, 6) is 1.67. The Hall–Kier alpha value is -1.32. The van der Waals surface area contributed by atoms with Crippen LogP contribution in [0.5, 0.6) is 0 Å². The van der Waals surface area contributed by atoms with E-state index in [0.717, 1.165) is 24.3 Å². The number of fused-ring (bicyclic) bond motifs is 1. The summed E-state index contributed by atoms with van der Waals surface area (Å²) in [6, 6.07) is 8.56. The van der Waals surface area contributed by atoms with Crippen molar-refractivity contribution in [2.75, 3.05) is 5.88 Å². The topological polar surface area (TPSA) is 17.8 Å². The first kappa shape index (κ1) is 12.7. The lowest BCUT2D eigenvalue weighted by Crippen LogP contribution is -2.05. The number of benzene rings is 1. The van der Waals surface area contributed by atoms with Crippen LogP contribution >= 0.6 is 22.9 Å². The van der Waals surface area contributed by atoms with Gasteiger partial charge in [-0.05, 0) is 47.0 Å². The molecule has 19 heavy (non-hydrogen) atoms. The van der Waals surface area contributed by atoms with Crippen LogP contribution in [0.25, 0.3) is 11.0 Å². The summed E-state index contributed by atoms with van der Waals surface area (Å²) >= 11 is 7.63. The summed E-state index contributed by atoms with van der Waals surface area (Å²) in [4.78, 5) is 4.71. The SMILES string of the molecule is Cc1ccc2nc(CCCl)n(Cc3ccsc3)c2c1. The number of nitrogens with zero attached hydrogens (tertiary/aromatic N) is 2. The molecule has 0 amide bonds.